The third kappa shape index (κ3) is 6.47. The number of hydrogen-bond acceptors (Lipinski definition) is 3. The molecule has 0 heterocycles. The Kier molecular flexibility index (Phi) is 4.84. The Hall–Kier alpha value is -1.24. The van der Waals surface area contributed by atoms with Crippen LogP contribution in [0, 0.1) is 5.82 Å². The van der Waals surface area contributed by atoms with E-state index in [1.165, 1.54) is 18.2 Å². The van der Waals surface area contributed by atoms with E-state index in [0.29, 0.717) is 0 Å². The van der Waals surface area contributed by atoms with Gasteiger partial charge in [-0.2, -0.15) is 0 Å². The monoisotopic (exact) mass is 295 g/mol. The molecule has 106 valence electrons. The van der Waals surface area contributed by atoms with Crippen LogP contribution in [0.15, 0.2) is 22.6 Å². The summed E-state index contributed by atoms with van der Waals surface area (Å²) >= 11 is 1.20. The van der Waals surface area contributed by atoms with Gasteiger partial charge in [0, 0.05) is 16.5 Å². The minimum Gasteiger partial charge on any atom is -0.406 e. The van der Waals surface area contributed by atoms with Crippen molar-refractivity contribution in [2.24, 2.45) is 4.40 Å². The first-order valence-electron chi connectivity index (χ1n) is 5.34. The molecule has 0 fully saturated rings. The first-order chi connectivity index (χ1) is 8.57. The standard InChI is InChI=1S/C12H13F4NOS/c1-11(2,3)19-17-7-8-6-9(4-5-10(8)13)18-12(14,15)16/h4-7H,1-3H3/b17-7+. The second kappa shape index (κ2) is 5.81. The molecule has 0 spiro atoms. The predicted molar refractivity (Wildman–Crippen MR) is 68.0 cm³/mol. The number of ether oxygens (including phenoxy) is 1. The summed E-state index contributed by atoms with van der Waals surface area (Å²) in [6.07, 6.45) is -3.62. The van der Waals surface area contributed by atoms with Gasteiger partial charge in [-0.3, -0.25) is 0 Å². The molecule has 7 heteroatoms. The van der Waals surface area contributed by atoms with Crippen molar-refractivity contribution in [3.63, 3.8) is 0 Å². The lowest BCUT2D eigenvalue weighted by Gasteiger charge is -2.12. The molecule has 0 radical (unpaired) electrons. The highest BCUT2D eigenvalue weighted by Gasteiger charge is 2.31. The highest BCUT2D eigenvalue weighted by Crippen LogP contribution is 2.26. The van der Waals surface area contributed by atoms with Crippen LogP contribution in [-0.4, -0.2) is 17.3 Å². The molecular weight excluding hydrogens is 282 g/mol. The van der Waals surface area contributed by atoms with E-state index in [-0.39, 0.29) is 10.3 Å². The Balaban J connectivity index is 2.86. The first kappa shape index (κ1) is 15.8. The minimum atomic E-state index is -4.80. The highest BCUT2D eigenvalue weighted by molar-refractivity contribution is 7.99. The fourth-order valence-corrected chi connectivity index (χ4v) is 1.54. The van der Waals surface area contributed by atoms with Crippen molar-refractivity contribution in [3.8, 4) is 5.75 Å². The van der Waals surface area contributed by atoms with E-state index in [9.17, 15) is 17.6 Å². The fraction of sp³-hybridized carbons (Fsp3) is 0.417. The number of alkyl halides is 3. The molecular formula is C12H13F4NOS. The van der Waals surface area contributed by atoms with Crippen molar-refractivity contribution in [2.75, 3.05) is 0 Å². The van der Waals surface area contributed by atoms with E-state index in [1.54, 1.807) is 0 Å². The molecule has 0 unspecified atom stereocenters. The summed E-state index contributed by atoms with van der Waals surface area (Å²) < 4.78 is 56.9. The molecule has 0 aromatic heterocycles. The van der Waals surface area contributed by atoms with Gasteiger partial charge in [-0.05, 0) is 50.9 Å². The van der Waals surface area contributed by atoms with Gasteiger partial charge in [0.05, 0.1) is 0 Å². The third-order valence-corrected chi connectivity index (χ3v) is 2.48. The van der Waals surface area contributed by atoms with Gasteiger partial charge in [-0.1, -0.05) is 0 Å². The Bertz CT molecular complexity index is 466. The van der Waals surface area contributed by atoms with Gasteiger partial charge < -0.3 is 4.74 Å². The molecule has 1 aromatic rings. The Labute approximate surface area is 113 Å². The average molecular weight is 295 g/mol. The number of benzene rings is 1. The molecule has 0 aliphatic heterocycles. The van der Waals surface area contributed by atoms with E-state index in [2.05, 4.69) is 9.13 Å². The van der Waals surface area contributed by atoms with Crippen LogP contribution in [-0.2, 0) is 0 Å². The largest absolute Gasteiger partial charge is 0.573 e. The van der Waals surface area contributed by atoms with Crippen molar-refractivity contribution in [2.45, 2.75) is 31.9 Å². The zero-order valence-electron chi connectivity index (χ0n) is 10.6. The second-order valence-electron chi connectivity index (χ2n) is 4.67. The van der Waals surface area contributed by atoms with Crippen molar-refractivity contribution in [1.29, 1.82) is 0 Å². The fourth-order valence-electron chi connectivity index (χ4n) is 1.06. The Morgan fingerprint density at radius 3 is 2.37 bits per heavy atom. The van der Waals surface area contributed by atoms with Gasteiger partial charge in [0.2, 0.25) is 0 Å². The lowest BCUT2D eigenvalue weighted by molar-refractivity contribution is -0.274. The molecule has 0 saturated heterocycles. The maximum Gasteiger partial charge on any atom is 0.573 e. The van der Waals surface area contributed by atoms with Crippen molar-refractivity contribution >= 4 is 18.2 Å². The quantitative estimate of drug-likeness (QED) is 0.462. The van der Waals surface area contributed by atoms with Crippen LogP contribution >= 0.6 is 11.9 Å². The third-order valence-electron chi connectivity index (χ3n) is 1.72. The van der Waals surface area contributed by atoms with Crippen molar-refractivity contribution in [1.82, 2.24) is 0 Å². The molecule has 19 heavy (non-hydrogen) atoms. The number of hydrogen-bond donors (Lipinski definition) is 0. The number of nitrogens with zero attached hydrogens (tertiary/aromatic N) is 1. The highest BCUT2D eigenvalue weighted by atomic mass is 32.2. The molecule has 0 N–H and O–H groups in total. The molecule has 0 amide bonds. The van der Waals surface area contributed by atoms with E-state index in [1.807, 2.05) is 20.8 Å². The second-order valence-corrected chi connectivity index (χ2v) is 6.29. The van der Waals surface area contributed by atoms with E-state index in [4.69, 9.17) is 0 Å². The molecule has 0 saturated carbocycles. The summed E-state index contributed by atoms with van der Waals surface area (Å²) in [5, 5.41) is 0. The normalized spacial score (nSPS) is 13.0. The van der Waals surface area contributed by atoms with Gasteiger partial charge in [0.1, 0.15) is 11.6 Å². The van der Waals surface area contributed by atoms with Crippen LogP contribution in [0.4, 0.5) is 17.6 Å². The molecule has 1 rings (SSSR count). The Morgan fingerprint density at radius 2 is 1.84 bits per heavy atom. The Morgan fingerprint density at radius 1 is 1.21 bits per heavy atom. The summed E-state index contributed by atoms with van der Waals surface area (Å²) in [6.45, 7) is 5.73. The molecule has 0 aliphatic rings. The molecule has 0 atom stereocenters. The zero-order valence-corrected chi connectivity index (χ0v) is 11.4. The van der Waals surface area contributed by atoms with E-state index in [0.717, 1.165) is 18.2 Å². The summed E-state index contributed by atoms with van der Waals surface area (Å²) in [5.74, 6) is -1.14. The van der Waals surface area contributed by atoms with Crippen molar-refractivity contribution < 1.29 is 22.3 Å². The van der Waals surface area contributed by atoms with Crippen molar-refractivity contribution in [3.05, 3.63) is 29.6 Å². The van der Waals surface area contributed by atoms with Crippen LogP contribution in [0.2, 0.25) is 0 Å². The zero-order chi connectivity index (χ0) is 14.7. The molecule has 2 nitrogen and oxygen atoms in total. The van der Waals surface area contributed by atoms with Gasteiger partial charge in [-0.25, -0.2) is 8.79 Å². The van der Waals surface area contributed by atoms with E-state index >= 15 is 0 Å². The van der Waals surface area contributed by atoms with Crippen LogP contribution in [0.5, 0.6) is 5.75 Å². The number of halogens is 4. The van der Waals surface area contributed by atoms with Gasteiger partial charge in [0.25, 0.3) is 0 Å². The minimum absolute atomic E-state index is 0.0569. The molecule has 0 bridgehead atoms. The maximum atomic E-state index is 13.4. The predicted octanol–water partition coefficient (Wildman–Crippen LogP) is 4.59. The smallest absolute Gasteiger partial charge is 0.406 e. The van der Waals surface area contributed by atoms with E-state index < -0.39 is 17.9 Å². The summed E-state index contributed by atoms with van der Waals surface area (Å²) in [7, 11) is 0. The summed E-state index contributed by atoms with van der Waals surface area (Å²) in [5.41, 5.74) is -0.0569. The first-order valence-corrected chi connectivity index (χ1v) is 6.11. The van der Waals surface area contributed by atoms with Crippen LogP contribution in [0.25, 0.3) is 0 Å². The topological polar surface area (TPSA) is 21.6 Å². The van der Waals surface area contributed by atoms with Gasteiger partial charge in [0.15, 0.2) is 0 Å². The van der Waals surface area contributed by atoms with Crippen LogP contribution in [0.1, 0.15) is 26.3 Å². The molecule has 1 aromatic carbocycles. The lowest BCUT2D eigenvalue weighted by Crippen LogP contribution is -2.17. The SMILES string of the molecule is CC(C)(C)S/N=C/c1cc(OC(F)(F)F)ccc1F. The van der Waals surface area contributed by atoms with Gasteiger partial charge in [-0.15, -0.1) is 13.2 Å². The molecule has 0 aliphatic carbocycles. The maximum absolute atomic E-state index is 13.4. The van der Waals surface area contributed by atoms with Crippen LogP contribution in [0.3, 0.4) is 0 Å². The summed E-state index contributed by atoms with van der Waals surface area (Å²) in [6, 6.07) is 2.77. The average Bonchev–Trinajstić information content (AvgIpc) is 2.18. The van der Waals surface area contributed by atoms with Gasteiger partial charge >= 0.3 is 6.36 Å². The lowest BCUT2D eigenvalue weighted by atomic mass is 10.2. The number of rotatable bonds is 3. The van der Waals surface area contributed by atoms with Crippen LogP contribution < -0.4 is 4.74 Å². The summed E-state index contributed by atoms with van der Waals surface area (Å²) in [4.78, 5) is 0.